The highest BCUT2D eigenvalue weighted by atomic mass is 32.2. The molecule has 1 aromatic rings. The molecule has 0 saturated carbocycles. The molecule has 0 bridgehead atoms. The van der Waals surface area contributed by atoms with Crippen LogP contribution in [-0.4, -0.2) is 13.0 Å². The van der Waals surface area contributed by atoms with Crippen molar-refractivity contribution >= 4 is 16.2 Å². The lowest BCUT2D eigenvalue weighted by Gasteiger charge is -2.18. The van der Waals surface area contributed by atoms with Crippen LogP contribution in [0.2, 0.25) is 0 Å². The Balaban J connectivity index is 3.78. The number of benzene rings is 1. The fraction of sp³-hybridized carbons (Fsp3) is 0.429. The first kappa shape index (κ1) is 14.9. The van der Waals surface area contributed by atoms with Gasteiger partial charge in [0.05, 0.1) is 0 Å². The van der Waals surface area contributed by atoms with Crippen LogP contribution in [0.1, 0.15) is 56.2 Å². The third-order valence-electron chi connectivity index (χ3n) is 2.91. The van der Waals surface area contributed by atoms with Crippen molar-refractivity contribution in [2.45, 2.75) is 44.4 Å². The Morgan fingerprint density at radius 1 is 1.11 bits per heavy atom. The zero-order chi connectivity index (χ0) is 14.1. The lowest BCUT2D eigenvalue weighted by molar-refractivity contribution is 0.479. The van der Waals surface area contributed by atoms with E-state index in [9.17, 15) is 13.0 Å². The maximum absolute atomic E-state index is 11.6. The summed E-state index contributed by atoms with van der Waals surface area (Å²) in [5, 5.41) is 0. The van der Waals surface area contributed by atoms with Gasteiger partial charge in [-0.25, -0.2) is 0 Å². The highest BCUT2D eigenvalue weighted by Gasteiger charge is 2.24. The molecule has 0 radical (unpaired) electrons. The summed E-state index contributed by atoms with van der Waals surface area (Å²) in [5.74, 6) is 0.0265. The summed E-state index contributed by atoms with van der Waals surface area (Å²) in [7, 11) is -4.21. The molecular formula is C14H20O3S. The normalized spacial score (nSPS) is 12.2. The van der Waals surface area contributed by atoms with E-state index in [0.717, 1.165) is 5.56 Å². The van der Waals surface area contributed by atoms with Crippen LogP contribution >= 0.6 is 0 Å². The van der Waals surface area contributed by atoms with Gasteiger partial charge in [-0.05, 0) is 28.5 Å². The van der Waals surface area contributed by atoms with Gasteiger partial charge in [0.15, 0.2) is 0 Å². The van der Waals surface area contributed by atoms with Gasteiger partial charge >= 0.3 is 0 Å². The molecule has 0 aliphatic rings. The summed E-state index contributed by atoms with van der Waals surface area (Å²) >= 11 is 0. The number of hydrogen-bond acceptors (Lipinski definition) is 2. The molecule has 0 aliphatic heterocycles. The van der Waals surface area contributed by atoms with Gasteiger partial charge in [0.1, 0.15) is 4.90 Å². The fourth-order valence-corrected chi connectivity index (χ4v) is 3.16. The van der Waals surface area contributed by atoms with Crippen LogP contribution in [0, 0.1) is 0 Å². The van der Waals surface area contributed by atoms with Crippen molar-refractivity contribution in [1.29, 1.82) is 0 Å². The first-order valence-corrected chi connectivity index (χ1v) is 7.40. The van der Waals surface area contributed by atoms with Crippen LogP contribution < -0.4 is 0 Å². The maximum atomic E-state index is 11.6. The van der Waals surface area contributed by atoms with Crippen LogP contribution in [0.3, 0.4) is 0 Å². The minimum absolute atomic E-state index is 0.0133. The third kappa shape index (κ3) is 3.00. The molecule has 1 aromatic carbocycles. The fourth-order valence-electron chi connectivity index (χ4n) is 1.97. The molecule has 0 unspecified atom stereocenters. The monoisotopic (exact) mass is 268 g/mol. The Hall–Kier alpha value is -1.13. The van der Waals surface area contributed by atoms with Crippen molar-refractivity contribution in [2.75, 3.05) is 0 Å². The van der Waals surface area contributed by atoms with Gasteiger partial charge in [-0.2, -0.15) is 8.42 Å². The van der Waals surface area contributed by atoms with E-state index in [1.807, 2.05) is 27.7 Å². The zero-order valence-corrected chi connectivity index (χ0v) is 12.1. The van der Waals surface area contributed by atoms with Gasteiger partial charge in [-0.1, -0.05) is 52.5 Å². The molecule has 0 saturated heterocycles. The Labute approximate surface area is 109 Å². The standard InChI is InChI=1S/C14H20O3S/c1-6-11-7-12(9(2)3)14(18(15,16)17)13(8-11)10(4)5/h6-10H,1H2,2-5H3,(H,15,16,17). The summed E-state index contributed by atoms with van der Waals surface area (Å²) in [6.07, 6.45) is 1.69. The molecule has 4 heteroatoms. The molecule has 0 heterocycles. The van der Waals surface area contributed by atoms with E-state index in [1.165, 1.54) is 0 Å². The van der Waals surface area contributed by atoms with Gasteiger partial charge < -0.3 is 0 Å². The van der Waals surface area contributed by atoms with Crippen LogP contribution in [0.5, 0.6) is 0 Å². The molecule has 18 heavy (non-hydrogen) atoms. The second-order valence-electron chi connectivity index (χ2n) is 5.02. The quantitative estimate of drug-likeness (QED) is 0.844. The van der Waals surface area contributed by atoms with E-state index in [2.05, 4.69) is 6.58 Å². The van der Waals surface area contributed by atoms with Crippen LogP contribution in [-0.2, 0) is 10.1 Å². The molecule has 0 aromatic heterocycles. The maximum Gasteiger partial charge on any atom is 0.295 e. The van der Waals surface area contributed by atoms with E-state index < -0.39 is 10.1 Å². The topological polar surface area (TPSA) is 54.4 Å². The molecule has 0 fully saturated rings. The summed E-state index contributed by atoms with van der Waals surface area (Å²) in [6, 6.07) is 3.54. The Morgan fingerprint density at radius 2 is 1.50 bits per heavy atom. The molecule has 1 rings (SSSR count). The van der Waals surface area contributed by atoms with Crippen molar-refractivity contribution in [3.8, 4) is 0 Å². The predicted octanol–water partition coefficient (Wildman–Crippen LogP) is 3.82. The van der Waals surface area contributed by atoms with Crippen molar-refractivity contribution in [3.05, 3.63) is 35.4 Å². The predicted molar refractivity (Wildman–Crippen MR) is 74.5 cm³/mol. The largest absolute Gasteiger partial charge is 0.295 e. The third-order valence-corrected chi connectivity index (χ3v) is 3.89. The van der Waals surface area contributed by atoms with Crippen LogP contribution in [0.4, 0.5) is 0 Å². The lowest BCUT2D eigenvalue weighted by Crippen LogP contribution is -2.10. The second-order valence-corrected chi connectivity index (χ2v) is 6.38. The molecule has 100 valence electrons. The summed E-state index contributed by atoms with van der Waals surface area (Å²) in [6.45, 7) is 11.3. The van der Waals surface area contributed by atoms with Gasteiger partial charge in [0, 0.05) is 0 Å². The van der Waals surface area contributed by atoms with Crippen molar-refractivity contribution in [1.82, 2.24) is 0 Å². The average molecular weight is 268 g/mol. The Kier molecular flexibility index (Phi) is 4.35. The van der Waals surface area contributed by atoms with Crippen molar-refractivity contribution < 1.29 is 13.0 Å². The van der Waals surface area contributed by atoms with E-state index >= 15 is 0 Å². The molecule has 0 spiro atoms. The molecule has 0 aliphatic carbocycles. The SMILES string of the molecule is C=Cc1cc(C(C)C)c(S(=O)(=O)O)c(C(C)C)c1. The van der Waals surface area contributed by atoms with E-state index in [4.69, 9.17) is 0 Å². The smallest absolute Gasteiger partial charge is 0.282 e. The molecule has 0 atom stereocenters. The number of hydrogen-bond donors (Lipinski definition) is 1. The number of rotatable bonds is 4. The van der Waals surface area contributed by atoms with Gasteiger partial charge in [0.2, 0.25) is 0 Å². The van der Waals surface area contributed by atoms with Gasteiger partial charge in [0.25, 0.3) is 10.1 Å². The molecule has 0 amide bonds. The molecule has 3 nitrogen and oxygen atoms in total. The second kappa shape index (κ2) is 5.24. The van der Waals surface area contributed by atoms with E-state index in [0.29, 0.717) is 11.1 Å². The van der Waals surface area contributed by atoms with Gasteiger partial charge in [-0.15, -0.1) is 0 Å². The Morgan fingerprint density at radius 3 is 1.72 bits per heavy atom. The van der Waals surface area contributed by atoms with Gasteiger partial charge in [-0.3, -0.25) is 4.55 Å². The van der Waals surface area contributed by atoms with Crippen molar-refractivity contribution in [2.24, 2.45) is 0 Å². The summed E-state index contributed by atoms with van der Waals surface area (Å²) in [4.78, 5) is 0.0538. The van der Waals surface area contributed by atoms with E-state index in [1.54, 1.807) is 18.2 Å². The van der Waals surface area contributed by atoms with Crippen LogP contribution in [0.25, 0.3) is 6.08 Å². The molecule has 1 N–H and O–H groups in total. The van der Waals surface area contributed by atoms with E-state index in [-0.39, 0.29) is 16.7 Å². The molecular weight excluding hydrogens is 248 g/mol. The van der Waals surface area contributed by atoms with Crippen LogP contribution in [0.15, 0.2) is 23.6 Å². The first-order chi connectivity index (χ1) is 8.18. The summed E-state index contributed by atoms with van der Waals surface area (Å²) in [5.41, 5.74) is 2.15. The van der Waals surface area contributed by atoms with Crippen molar-refractivity contribution in [3.63, 3.8) is 0 Å². The minimum atomic E-state index is -4.21. The zero-order valence-electron chi connectivity index (χ0n) is 11.3. The highest BCUT2D eigenvalue weighted by molar-refractivity contribution is 7.86. The summed E-state index contributed by atoms with van der Waals surface area (Å²) < 4.78 is 32.7. The first-order valence-electron chi connectivity index (χ1n) is 5.96. The average Bonchev–Trinajstić information content (AvgIpc) is 2.25. The highest BCUT2D eigenvalue weighted by Crippen LogP contribution is 2.33. The minimum Gasteiger partial charge on any atom is -0.282 e. The Bertz CT molecular complexity index is 525. The lowest BCUT2D eigenvalue weighted by atomic mass is 9.93.